The van der Waals surface area contributed by atoms with Gasteiger partial charge in [-0.05, 0) is 6.42 Å². The number of carbonyl (C=O) groups is 1. The first-order valence-electron chi connectivity index (χ1n) is 4.15. The van der Waals surface area contributed by atoms with Gasteiger partial charge in [-0.25, -0.2) is 4.79 Å². The molecular weight excluding hydrogens is 168 g/mol. The van der Waals surface area contributed by atoms with Crippen LogP contribution in [0.4, 0.5) is 0 Å². The van der Waals surface area contributed by atoms with E-state index in [1.165, 1.54) is 0 Å². The Balaban J connectivity index is 0.000000223. The van der Waals surface area contributed by atoms with Crippen molar-refractivity contribution in [3.05, 3.63) is 36.4 Å². The fourth-order valence-corrected chi connectivity index (χ4v) is 0.635. The standard InChI is InChI=1S/C6H6.C4H8O3/c1-2-4-6-5-3-1;1-2-3-4(5)7-6/h1-6H;6H,2-3H2,1H3. The van der Waals surface area contributed by atoms with Crippen LogP contribution in [0.5, 0.6) is 0 Å². The topological polar surface area (TPSA) is 46.5 Å². The second-order valence-corrected chi connectivity index (χ2v) is 2.37. The largest absolute Gasteiger partial charge is 0.342 e. The summed E-state index contributed by atoms with van der Waals surface area (Å²) in [5, 5.41) is 7.62. The zero-order valence-corrected chi connectivity index (χ0v) is 7.64. The van der Waals surface area contributed by atoms with Crippen LogP contribution in [0.1, 0.15) is 19.8 Å². The highest BCUT2D eigenvalue weighted by Crippen LogP contribution is 1.86. The summed E-state index contributed by atoms with van der Waals surface area (Å²) in [6.07, 6.45) is 0.996. The lowest BCUT2D eigenvalue weighted by molar-refractivity contribution is -0.234. The van der Waals surface area contributed by atoms with E-state index < -0.39 is 5.97 Å². The molecule has 0 amide bonds. The van der Waals surface area contributed by atoms with E-state index in [0.29, 0.717) is 6.42 Å². The van der Waals surface area contributed by atoms with Gasteiger partial charge in [-0.1, -0.05) is 43.3 Å². The zero-order valence-electron chi connectivity index (χ0n) is 7.64. The molecule has 0 radical (unpaired) electrons. The molecule has 0 saturated carbocycles. The molecule has 0 fully saturated rings. The van der Waals surface area contributed by atoms with Gasteiger partial charge in [0, 0.05) is 6.42 Å². The van der Waals surface area contributed by atoms with Crippen LogP contribution in [0.2, 0.25) is 0 Å². The summed E-state index contributed by atoms with van der Waals surface area (Å²) < 4.78 is 0. The molecule has 1 aromatic carbocycles. The molecule has 1 N–H and O–H groups in total. The van der Waals surface area contributed by atoms with Crippen LogP contribution in [0.3, 0.4) is 0 Å². The summed E-state index contributed by atoms with van der Waals surface area (Å²) in [5.41, 5.74) is 0. The summed E-state index contributed by atoms with van der Waals surface area (Å²) in [6, 6.07) is 12.0. The van der Waals surface area contributed by atoms with Gasteiger partial charge in [-0.2, -0.15) is 5.26 Å². The zero-order chi connectivity index (χ0) is 9.94. The van der Waals surface area contributed by atoms with Crippen molar-refractivity contribution in [2.24, 2.45) is 0 Å². The monoisotopic (exact) mass is 182 g/mol. The number of rotatable bonds is 2. The minimum Gasteiger partial charge on any atom is -0.301 e. The molecule has 0 aliphatic heterocycles. The molecule has 13 heavy (non-hydrogen) atoms. The first-order chi connectivity index (χ1) is 6.31. The van der Waals surface area contributed by atoms with E-state index in [2.05, 4.69) is 4.89 Å². The predicted molar refractivity (Wildman–Crippen MR) is 50.1 cm³/mol. The highest BCUT2D eigenvalue weighted by Gasteiger charge is 1.95. The predicted octanol–water partition coefficient (Wildman–Crippen LogP) is 2.49. The molecule has 0 aliphatic carbocycles. The van der Waals surface area contributed by atoms with Crippen molar-refractivity contribution in [3.63, 3.8) is 0 Å². The second-order valence-electron chi connectivity index (χ2n) is 2.37. The lowest BCUT2D eigenvalue weighted by Crippen LogP contribution is -1.97. The maximum atomic E-state index is 9.94. The van der Waals surface area contributed by atoms with Gasteiger partial charge in [0.05, 0.1) is 0 Å². The minimum absolute atomic E-state index is 0.288. The van der Waals surface area contributed by atoms with E-state index in [1.807, 2.05) is 43.3 Å². The van der Waals surface area contributed by atoms with Gasteiger partial charge in [0.1, 0.15) is 0 Å². The van der Waals surface area contributed by atoms with Crippen LogP contribution in [-0.4, -0.2) is 11.2 Å². The van der Waals surface area contributed by atoms with Crippen molar-refractivity contribution in [1.29, 1.82) is 0 Å². The van der Waals surface area contributed by atoms with Gasteiger partial charge in [0.25, 0.3) is 0 Å². The Labute approximate surface area is 77.9 Å². The van der Waals surface area contributed by atoms with Gasteiger partial charge in [-0.15, -0.1) is 0 Å². The number of hydrogen-bond donors (Lipinski definition) is 1. The van der Waals surface area contributed by atoms with Gasteiger partial charge in [0.15, 0.2) is 0 Å². The number of carbonyl (C=O) groups excluding carboxylic acids is 1. The highest BCUT2D eigenvalue weighted by molar-refractivity contribution is 5.68. The summed E-state index contributed by atoms with van der Waals surface area (Å²) in [4.78, 5) is 13.3. The minimum atomic E-state index is -0.567. The first kappa shape index (κ1) is 11.6. The lowest BCUT2D eigenvalue weighted by atomic mass is 10.3. The summed E-state index contributed by atoms with van der Waals surface area (Å²) in [6.45, 7) is 1.83. The lowest BCUT2D eigenvalue weighted by Gasteiger charge is -1.87. The van der Waals surface area contributed by atoms with E-state index in [-0.39, 0.29) is 6.42 Å². The SMILES string of the molecule is CCCC(=O)OO.c1ccccc1. The van der Waals surface area contributed by atoms with E-state index in [1.54, 1.807) is 0 Å². The molecule has 0 heterocycles. The van der Waals surface area contributed by atoms with Gasteiger partial charge in [0.2, 0.25) is 0 Å². The Morgan fingerprint density at radius 2 is 1.54 bits per heavy atom. The molecule has 1 rings (SSSR count). The van der Waals surface area contributed by atoms with E-state index in [4.69, 9.17) is 5.26 Å². The Kier molecular flexibility index (Phi) is 7.84. The fourth-order valence-electron chi connectivity index (χ4n) is 0.635. The third-order valence-corrected chi connectivity index (χ3v) is 1.22. The van der Waals surface area contributed by atoms with Crippen LogP contribution in [0.25, 0.3) is 0 Å². The summed E-state index contributed by atoms with van der Waals surface area (Å²) >= 11 is 0. The van der Waals surface area contributed by atoms with E-state index in [0.717, 1.165) is 0 Å². The molecule has 3 heteroatoms. The molecule has 0 unspecified atom stereocenters. The van der Waals surface area contributed by atoms with Crippen molar-refractivity contribution in [2.45, 2.75) is 19.8 Å². The van der Waals surface area contributed by atoms with E-state index >= 15 is 0 Å². The summed E-state index contributed by atoms with van der Waals surface area (Å²) in [7, 11) is 0. The van der Waals surface area contributed by atoms with E-state index in [9.17, 15) is 4.79 Å². The molecule has 0 aliphatic rings. The van der Waals surface area contributed by atoms with Gasteiger partial charge in [-0.3, -0.25) is 0 Å². The smallest absolute Gasteiger partial charge is 0.301 e. The third-order valence-electron chi connectivity index (χ3n) is 1.22. The summed E-state index contributed by atoms with van der Waals surface area (Å²) in [5.74, 6) is -0.567. The third kappa shape index (κ3) is 8.56. The van der Waals surface area contributed by atoms with Crippen LogP contribution in [-0.2, 0) is 9.68 Å². The van der Waals surface area contributed by atoms with Crippen LogP contribution in [0.15, 0.2) is 36.4 Å². The van der Waals surface area contributed by atoms with Crippen molar-refractivity contribution in [2.75, 3.05) is 0 Å². The Hall–Kier alpha value is -1.35. The average molecular weight is 182 g/mol. The molecule has 0 bridgehead atoms. The molecular formula is C10H14O3. The average Bonchev–Trinajstić information content (AvgIpc) is 2.22. The maximum Gasteiger partial charge on any atom is 0.342 e. The van der Waals surface area contributed by atoms with Crippen LogP contribution < -0.4 is 0 Å². The Morgan fingerprint density at radius 1 is 1.15 bits per heavy atom. The first-order valence-corrected chi connectivity index (χ1v) is 4.15. The molecule has 0 spiro atoms. The molecule has 1 aromatic rings. The molecule has 0 aromatic heterocycles. The fraction of sp³-hybridized carbons (Fsp3) is 0.300. The van der Waals surface area contributed by atoms with Crippen molar-refractivity contribution in [3.8, 4) is 0 Å². The second kappa shape index (κ2) is 8.74. The highest BCUT2D eigenvalue weighted by atomic mass is 17.1. The molecule has 0 atom stereocenters. The van der Waals surface area contributed by atoms with Gasteiger partial charge >= 0.3 is 5.97 Å². The number of benzene rings is 1. The number of hydrogen-bond acceptors (Lipinski definition) is 3. The van der Waals surface area contributed by atoms with Gasteiger partial charge < -0.3 is 4.89 Å². The van der Waals surface area contributed by atoms with Crippen LogP contribution >= 0.6 is 0 Å². The quantitative estimate of drug-likeness (QED) is 0.564. The molecule has 72 valence electrons. The van der Waals surface area contributed by atoms with Crippen molar-refractivity contribution in [1.82, 2.24) is 0 Å². The van der Waals surface area contributed by atoms with Crippen LogP contribution in [0, 0.1) is 0 Å². The molecule has 0 saturated heterocycles. The Bertz CT molecular complexity index is 182. The normalized spacial score (nSPS) is 8.15. The molecule has 3 nitrogen and oxygen atoms in total. The Morgan fingerprint density at radius 3 is 1.69 bits per heavy atom. The van der Waals surface area contributed by atoms with Crippen molar-refractivity contribution >= 4 is 5.97 Å². The maximum absolute atomic E-state index is 9.94. The van der Waals surface area contributed by atoms with Crippen molar-refractivity contribution < 1.29 is 14.9 Å².